The summed E-state index contributed by atoms with van der Waals surface area (Å²) in [6.07, 6.45) is 3.50. The predicted octanol–water partition coefficient (Wildman–Crippen LogP) is 4.79. The zero-order valence-corrected chi connectivity index (χ0v) is 11.5. The van der Waals surface area contributed by atoms with E-state index in [1.54, 1.807) is 12.5 Å². The molecule has 0 bridgehead atoms. The second-order valence-corrected chi connectivity index (χ2v) is 5.82. The number of pyridine rings is 1. The molecule has 0 unspecified atom stereocenters. The van der Waals surface area contributed by atoms with E-state index >= 15 is 0 Å². The lowest BCUT2D eigenvalue weighted by Crippen LogP contribution is -2.10. The maximum atomic E-state index is 5.42. The summed E-state index contributed by atoms with van der Waals surface area (Å²) in [6.45, 7) is 6.66. The molecule has 2 nitrogen and oxygen atoms in total. The van der Waals surface area contributed by atoms with Gasteiger partial charge in [0.05, 0.1) is 12.0 Å². The van der Waals surface area contributed by atoms with Crippen LogP contribution in [0.3, 0.4) is 0 Å². The first kappa shape index (κ1) is 12.0. The van der Waals surface area contributed by atoms with Gasteiger partial charge in [0.2, 0.25) is 0 Å². The largest absolute Gasteiger partial charge is 0.464 e. The van der Waals surface area contributed by atoms with Gasteiger partial charge in [0.25, 0.3) is 0 Å². The summed E-state index contributed by atoms with van der Waals surface area (Å²) in [7, 11) is 0. The van der Waals surface area contributed by atoms with E-state index < -0.39 is 0 Å². The van der Waals surface area contributed by atoms with Crippen LogP contribution in [-0.2, 0) is 5.41 Å². The van der Waals surface area contributed by atoms with Crippen LogP contribution < -0.4 is 0 Å². The molecule has 0 aliphatic heterocycles. The lowest BCUT2D eigenvalue weighted by molar-refractivity contribution is 0.590. The number of hydrogen-bond donors (Lipinski definition) is 0. The predicted molar refractivity (Wildman–Crippen MR) is 78.1 cm³/mol. The van der Waals surface area contributed by atoms with Crippen molar-refractivity contribution in [3.05, 3.63) is 54.4 Å². The second kappa shape index (κ2) is 4.23. The van der Waals surface area contributed by atoms with Gasteiger partial charge in [-0.15, -0.1) is 0 Å². The zero-order valence-electron chi connectivity index (χ0n) is 11.5. The third-order valence-corrected chi connectivity index (χ3v) is 3.40. The van der Waals surface area contributed by atoms with Crippen molar-refractivity contribution in [1.82, 2.24) is 4.98 Å². The van der Waals surface area contributed by atoms with E-state index in [-0.39, 0.29) is 5.41 Å². The maximum absolute atomic E-state index is 5.42. The Kier molecular flexibility index (Phi) is 2.67. The molecule has 0 aliphatic rings. The Morgan fingerprint density at radius 1 is 0.947 bits per heavy atom. The highest BCUT2D eigenvalue weighted by atomic mass is 16.3. The molecule has 0 spiro atoms. The van der Waals surface area contributed by atoms with Crippen molar-refractivity contribution in [1.29, 1.82) is 0 Å². The number of hydrogen-bond acceptors (Lipinski definition) is 2. The molecule has 96 valence electrons. The summed E-state index contributed by atoms with van der Waals surface area (Å²) in [5, 5.41) is 1.06. The Bertz CT molecular complexity index is 702. The van der Waals surface area contributed by atoms with E-state index in [1.807, 2.05) is 12.1 Å². The van der Waals surface area contributed by atoms with Crippen LogP contribution in [0.4, 0.5) is 0 Å². The zero-order chi connectivity index (χ0) is 13.5. The van der Waals surface area contributed by atoms with Crippen molar-refractivity contribution in [2.24, 2.45) is 0 Å². The van der Waals surface area contributed by atoms with Gasteiger partial charge < -0.3 is 4.42 Å². The normalized spacial score (nSPS) is 11.9. The Morgan fingerprint density at radius 3 is 2.37 bits per heavy atom. The van der Waals surface area contributed by atoms with Gasteiger partial charge in [0.15, 0.2) is 0 Å². The van der Waals surface area contributed by atoms with Gasteiger partial charge in [-0.1, -0.05) is 45.0 Å². The van der Waals surface area contributed by atoms with E-state index in [0.717, 1.165) is 22.2 Å². The number of fused-ring (bicyclic) bond motifs is 1. The summed E-state index contributed by atoms with van der Waals surface area (Å²) in [4.78, 5) is 4.48. The smallest absolute Gasteiger partial charge is 0.137 e. The monoisotopic (exact) mass is 251 g/mol. The van der Waals surface area contributed by atoms with Gasteiger partial charge in [-0.25, -0.2) is 0 Å². The van der Waals surface area contributed by atoms with Crippen LogP contribution in [0.5, 0.6) is 0 Å². The molecule has 0 N–H and O–H groups in total. The van der Waals surface area contributed by atoms with Gasteiger partial charge >= 0.3 is 0 Å². The molecule has 0 fully saturated rings. The fraction of sp³-hybridized carbons (Fsp3) is 0.235. The summed E-state index contributed by atoms with van der Waals surface area (Å²) in [6, 6.07) is 12.5. The van der Waals surface area contributed by atoms with Crippen LogP contribution in [0.2, 0.25) is 0 Å². The molecule has 1 aromatic carbocycles. The first-order valence-corrected chi connectivity index (χ1v) is 6.49. The third-order valence-electron chi connectivity index (χ3n) is 3.40. The van der Waals surface area contributed by atoms with Crippen molar-refractivity contribution in [2.75, 3.05) is 0 Å². The van der Waals surface area contributed by atoms with Gasteiger partial charge in [0.1, 0.15) is 5.58 Å². The van der Waals surface area contributed by atoms with Crippen LogP contribution in [0.25, 0.3) is 22.2 Å². The molecule has 0 saturated heterocycles. The highest BCUT2D eigenvalue weighted by Gasteiger charge is 2.14. The molecule has 3 rings (SSSR count). The molecule has 0 radical (unpaired) electrons. The van der Waals surface area contributed by atoms with E-state index in [2.05, 4.69) is 50.0 Å². The first-order valence-electron chi connectivity index (χ1n) is 6.49. The van der Waals surface area contributed by atoms with Crippen molar-refractivity contribution in [3.63, 3.8) is 0 Å². The summed E-state index contributed by atoms with van der Waals surface area (Å²) in [5.41, 5.74) is 4.49. The van der Waals surface area contributed by atoms with E-state index in [0.29, 0.717) is 0 Å². The molecule has 3 aromatic rings. The Labute approximate surface area is 113 Å². The SMILES string of the molecule is CC(C)(C)c1ccc(-c2nccc3occc23)cc1. The topological polar surface area (TPSA) is 26.0 Å². The van der Waals surface area contributed by atoms with Crippen LogP contribution in [-0.4, -0.2) is 4.98 Å². The van der Waals surface area contributed by atoms with Crippen LogP contribution in [0.15, 0.2) is 53.3 Å². The minimum absolute atomic E-state index is 0.174. The highest BCUT2D eigenvalue weighted by molar-refractivity contribution is 5.91. The molecule has 19 heavy (non-hydrogen) atoms. The third kappa shape index (κ3) is 2.14. The molecular weight excluding hydrogens is 234 g/mol. The molecule has 0 amide bonds. The molecule has 0 aliphatic carbocycles. The maximum Gasteiger partial charge on any atom is 0.137 e. The van der Waals surface area contributed by atoms with Crippen molar-refractivity contribution in [3.8, 4) is 11.3 Å². The minimum atomic E-state index is 0.174. The van der Waals surface area contributed by atoms with Gasteiger partial charge in [-0.05, 0) is 23.1 Å². The molecule has 0 saturated carbocycles. The standard InChI is InChI=1S/C17H17NO/c1-17(2,3)13-6-4-12(5-7-13)16-14-9-11-19-15(14)8-10-18-16/h4-11H,1-3H3. The molecular formula is C17H17NO. The number of nitrogens with zero attached hydrogens (tertiary/aromatic N) is 1. The summed E-state index contributed by atoms with van der Waals surface area (Å²) in [5.74, 6) is 0. The van der Waals surface area contributed by atoms with E-state index in [4.69, 9.17) is 4.42 Å². The van der Waals surface area contributed by atoms with Gasteiger partial charge in [0, 0.05) is 17.1 Å². The number of aromatic nitrogens is 1. The molecule has 2 aromatic heterocycles. The van der Waals surface area contributed by atoms with Crippen LogP contribution >= 0.6 is 0 Å². The van der Waals surface area contributed by atoms with Crippen molar-refractivity contribution < 1.29 is 4.42 Å². The number of rotatable bonds is 1. The van der Waals surface area contributed by atoms with E-state index in [1.165, 1.54) is 5.56 Å². The average Bonchev–Trinajstić information content (AvgIpc) is 2.86. The Balaban J connectivity index is 2.10. The molecule has 2 heteroatoms. The second-order valence-electron chi connectivity index (χ2n) is 5.82. The van der Waals surface area contributed by atoms with Gasteiger partial charge in [-0.2, -0.15) is 0 Å². The van der Waals surface area contributed by atoms with Crippen molar-refractivity contribution >= 4 is 11.0 Å². The first-order chi connectivity index (χ1) is 9.05. The fourth-order valence-electron chi connectivity index (χ4n) is 2.25. The Hall–Kier alpha value is -2.09. The number of furan rings is 1. The fourth-order valence-corrected chi connectivity index (χ4v) is 2.25. The minimum Gasteiger partial charge on any atom is -0.464 e. The summed E-state index contributed by atoms with van der Waals surface area (Å²) < 4.78 is 5.42. The quantitative estimate of drug-likeness (QED) is 0.621. The Morgan fingerprint density at radius 2 is 1.68 bits per heavy atom. The number of benzene rings is 1. The average molecular weight is 251 g/mol. The van der Waals surface area contributed by atoms with E-state index in [9.17, 15) is 0 Å². The molecule has 2 heterocycles. The van der Waals surface area contributed by atoms with Gasteiger partial charge in [-0.3, -0.25) is 4.98 Å². The highest BCUT2D eigenvalue weighted by Crippen LogP contribution is 2.29. The van der Waals surface area contributed by atoms with Crippen molar-refractivity contribution in [2.45, 2.75) is 26.2 Å². The lowest BCUT2D eigenvalue weighted by Gasteiger charge is -2.19. The van der Waals surface area contributed by atoms with Crippen LogP contribution in [0, 0.1) is 0 Å². The molecule has 0 atom stereocenters. The lowest BCUT2D eigenvalue weighted by atomic mass is 9.86. The summed E-state index contributed by atoms with van der Waals surface area (Å²) >= 11 is 0. The van der Waals surface area contributed by atoms with Crippen LogP contribution in [0.1, 0.15) is 26.3 Å².